The fraction of sp³-hybridized carbons (Fsp3) is 0.120. The van der Waals surface area contributed by atoms with Crippen LogP contribution in [0.5, 0.6) is 17.2 Å². The topological polar surface area (TPSA) is 75.6 Å². The van der Waals surface area contributed by atoms with Gasteiger partial charge < -0.3 is 15.2 Å². The Bertz CT molecular complexity index is 1190. The number of carbonyl (C=O) groups is 2. The number of amides is 1. The van der Waals surface area contributed by atoms with E-state index in [1.807, 2.05) is 43.3 Å². The molecule has 0 spiro atoms. The summed E-state index contributed by atoms with van der Waals surface area (Å²) in [5, 5.41) is 13.3. The highest BCUT2D eigenvalue weighted by atomic mass is 32.1. The van der Waals surface area contributed by atoms with E-state index in [4.69, 9.17) is 4.74 Å². The monoisotopic (exact) mass is 433 g/mol. The Morgan fingerprint density at radius 3 is 2.61 bits per heavy atom. The van der Waals surface area contributed by atoms with Crippen molar-refractivity contribution in [3.63, 3.8) is 0 Å². The average molecular weight is 434 g/mol. The molecule has 158 valence electrons. The number of allylic oxidation sites excluding steroid dienone is 3. The summed E-state index contributed by atoms with van der Waals surface area (Å²) in [5.74, 6) is 1.27. The van der Waals surface area contributed by atoms with E-state index in [1.54, 1.807) is 25.3 Å². The molecule has 1 amide bonds. The molecule has 3 aromatic rings. The fourth-order valence-electron chi connectivity index (χ4n) is 2.87. The Hall–Kier alpha value is -3.64. The third-order valence-electron chi connectivity index (χ3n) is 4.60. The summed E-state index contributed by atoms with van der Waals surface area (Å²) in [6, 6.07) is 12.5. The van der Waals surface area contributed by atoms with Gasteiger partial charge in [0.1, 0.15) is 11.5 Å². The molecule has 0 fully saturated rings. The van der Waals surface area contributed by atoms with E-state index in [0.29, 0.717) is 11.5 Å². The van der Waals surface area contributed by atoms with Crippen molar-refractivity contribution < 1.29 is 19.4 Å². The molecule has 0 saturated carbocycles. The lowest BCUT2D eigenvalue weighted by Crippen LogP contribution is -2.13. The zero-order valence-electron chi connectivity index (χ0n) is 17.3. The third-order valence-corrected chi connectivity index (χ3v) is 5.87. The van der Waals surface area contributed by atoms with E-state index in [9.17, 15) is 14.7 Å². The Kier molecular flexibility index (Phi) is 7.05. The first kappa shape index (κ1) is 22.1. The molecule has 0 unspecified atom stereocenters. The number of thiophene rings is 1. The number of ketones is 1. The van der Waals surface area contributed by atoms with E-state index < -0.39 is 0 Å². The Labute approximate surface area is 185 Å². The van der Waals surface area contributed by atoms with Crippen LogP contribution in [0.3, 0.4) is 0 Å². The van der Waals surface area contributed by atoms with Crippen molar-refractivity contribution in [2.45, 2.75) is 13.3 Å². The molecule has 0 saturated heterocycles. The molecule has 1 aromatic heterocycles. The van der Waals surface area contributed by atoms with E-state index in [-0.39, 0.29) is 23.9 Å². The lowest BCUT2D eigenvalue weighted by Gasteiger charge is -2.09. The summed E-state index contributed by atoms with van der Waals surface area (Å²) >= 11 is 1.50. The van der Waals surface area contributed by atoms with Crippen LogP contribution >= 0.6 is 11.3 Å². The van der Waals surface area contributed by atoms with Crippen molar-refractivity contribution in [1.82, 2.24) is 5.32 Å². The summed E-state index contributed by atoms with van der Waals surface area (Å²) in [4.78, 5) is 23.9. The van der Waals surface area contributed by atoms with Gasteiger partial charge in [0, 0.05) is 29.6 Å². The molecule has 0 aliphatic heterocycles. The van der Waals surface area contributed by atoms with E-state index in [0.717, 1.165) is 26.1 Å². The summed E-state index contributed by atoms with van der Waals surface area (Å²) in [6.45, 7) is 5.44. The van der Waals surface area contributed by atoms with Gasteiger partial charge in [-0.1, -0.05) is 24.8 Å². The molecule has 31 heavy (non-hydrogen) atoms. The molecule has 5 nitrogen and oxygen atoms in total. The molecule has 0 aliphatic rings. The fourth-order valence-corrected chi connectivity index (χ4v) is 4.03. The van der Waals surface area contributed by atoms with Gasteiger partial charge in [-0.2, -0.15) is 0 Å². The largest absolute Gasteiger partial charge is 0.508 e. The molecule has 1 heterocycles. The van der Waals surface area contributed by atoms with Gasteiger partial charge in [-0.15, -0.1) is 11.3 Å². The zero-order chi connectivity index (χ0) is 22.4. The molecular weight excluding hydrogens is 410 g/mol. The minimum atomic E-state index is -0.171. The number of hydrogen-bond donors (Lipinski definition) is 2. The number of carbonyl (C=O) groups excluding carboxylic acids is 2. The van der Waals surface area contributed by atoms with Gasteiger partial charge in [-0.3, -0.25) is 9.59 Å². The number of hydrogen-bond acceptors (Lipinski definition) is 5. The highest BCUT2D eigenvalue weighted by Crippen LogP contribution is 2.44. The number of nitrogens with one attached hydrogen (secondary N) is 1. The van der Waals surface area contributed by atoms with E-state index in [2.05, 4.69) is 11.9 Å². The van der Waals surface area contributed by atoms with E-state index in [1.165, 1.54) is 23.5 Å². The number of benzene rings is 2. The quantitative estimate of drug-likeness (QED) is 0.446. The molecule has 0 radical (unpaired) electrons. The van der Waals surface area contributed by atoms with Crippen LogP contribution in [-0.4, -0.2) is 23.8 Å². The maximum absolute atomic E-state index is 11.6. The number of fused-ring (bicyclic) bond motifs is 1. The van der Waals surface area contributed by atoms with Gasteiger partial charge in [0.15, 0.2) is 11.5 Å². The van der Waals surface area contributed by atoms with Crippen molar-refractivity contribution in [3.8, 4) is 17.2 Å². The van der Waals surface area contributed by atoms with Gasteiger partial charge in [0.25, 0.3) is 0 Å². The molecule has 3 rings (SSSR count). The first-order chi connectivity index (χ1) is 14.9. The Morgan fingerprint density at radius 1 is 1.19 bits per heavy atom. The van der Waals surface area contributed by atoms with Crippen LogP contribution in [0.25, 0.3) is 21.7 Å². The van der Waals surface area contributed by atoms with Crippen LogP contribution in [0.15, 0.2) is 67.3 Å². The van der Waals surface area contributed by atoms with Crippen molar-refractivity contribution in [2.75, 3.05) is 7.05 Å². The molecule has 0 bridgehead atoms. The summed E-state index contributed by atoms with van der Waals surface area (Å²) in [6.07, 6.45) is 6.62. The van der Waals surface area contributed by atoms with Gasteiger partial charge in [-0.05, 0) is 60.5 Å². The zero-order valence-corrected chi connectivity index (χ0v) is 18.2. The van der Waals surface area contributed by atoms with Crippen molar-refractivity contribution in [2.24, 2.45) is 0 Å². The second-order valence-electron chi connectivity index (χ2n) is 6.82. The van der Waals surface area contributed by atoms with Gasteiger partial charge >= 0.3 is 0 Å². The van der Waals surface area contributed by atoms with Crippen LogP contribution in [0.2, 0.25) is 0 Å². The first-order valence-corrected chi connectivity index (χ1v) is 10.5. The summed E-state index contributed by atoms with van der Waals surface area (Å²) < 4.78 is 7.13. The lowest BCUT2D eigenvalue weighted by atomic mass is 10.1. The predicted octanol–water partition coefficient (Wildman–Crippen LogP) is 5.71. The SMILES string of the molecule is C=CC(=O)C/C=C(\C)c1sc2cc(O)ccc2c1Oc1ccc(C=CC(=O)NC)cc1. The third kappa shape index (κ3) is 5.49. The molecular formula is C25H23NO4S. The van der Waals surface area contributed by atoms with Crippen LogP contribution in [-0.2, 0) is 9.59 Å². The minimum Gasteiger partial charge on any atom is -0.508 e. The van der Waals surface area contributed by atoms with Gasteiger partial charge in [-0.25, -0.2) is 0 Å². The average Bonchev–Trinajstić information content (AvgIpc) is 3.13. The van der Waals surface area contributed by atoms with E-state index >= 15 is 0 Å². The van der Waals surface area contributed by atoms with Gasteiger partial charge in [0.2, 0.25) is 5.91 Å². The van der Waals surface area contributed by atoms with Crippen molar-refractivity contribution in [1.29, 1.82) is 0 Å². The van der Waals surface area contributed by atoms with Crippen LogP contribution in [0, 0.1) is 0 Å². The molecule has 6 heteroatoms. The number of aromatic hydroxyl groups is 1. The Balaban J connectivity index is 1.95. The maximum Gasteiger partial charge on any atom is 0.243 e. The maximum atomic E-state index is 11.6. The van der Waals surface area contributed by atoms with Gasteiger partial charge in [0.05, 0.1) is 4.88 Å². The highest BCUT2D eigenvalue weighted by molar-refractivity contribution is 7.20. The molecule has 2 aromatic carbocycles. The number of rotatable bonds is 8. The van der Waals surface area contributed by atoms with Crippen molar-refractivity contribution >= 4 is 44.8 Å². The first-order valence-electron chi connectivity index (χ1n) is 9.67. The predicted molar refractivity (Wildman–Crippen MR) is 127 cm³/mol. The van der Waals surface area contributed by atoms with Crippen LogP contribution in [0.1, 0.15) is 23.8 Å². The standard InChI is InChI=1S/C25H23NO4S/c1-4-18(27)9-5-16(2)25-24(21-13-10-19(28)15-22(21)31-25)30-20-11-6-17(7-12-20)8-14-23(29)26-3/h4-8,10-15,28H,1,9H2,2-3H3,(H,26,29)/b14-8?,16-5+. The number of phenols is 1. The van der Waals surface area contributed by atoms with Crippen LogP contribution in [0.4, 0.5) is 0 Å². The number of ether oxygens (including phenoxy) is 1. The molecule has 0 aliphatic carbocycles. The lowest BCUT2D eigenvalue weighted by molar-refractivity contribution is -0.116. The summed E-state index contributed by atoms with van der Waals surface area (Å²) in [5.41, 5.74) is 1.78. The van der Waals surface area contributed by atoms with Crippen LogP contribution < -0.4 is 10.1 Å². The second-order valence-corrected chi connectivity index (χ2v) is 7.87. The number of phenolic OH excluding ortho intramolecular Hbond substituents is 1. The molecule has 2 N–H and O–H groups in total. The summed E-state index contributed by atoms with van der Waals surface area (Å²) in [7, 11) is 1.58. The number of likely N-dealkylation sites (N-methyl/N-ethyl adjacent to an activating group) is 1. The molecule has 0 atom stereocenters. The normalized spacial score (nSPS) is 11.6. The highest BCUT2D eigenvalue weighted by Gasteiger charge is 2.16. The minimum absolute atomic E-state index is 0.0547. The smallest absolute Gasteiger partial charge is 0.243 e. The Morgan fingerprint density at radius 2 is 1.94 bits per heavy atom. The van der Waals surface area contributed by atoms with Crippen molar-refractivity contribution in [3.05, 3.63) is 77.7 Å². The second kappa shape index (κ2) is 9.91.